The second kappa shape index (κ2) is 9.60. The summed E-state index contributed by atoms with van der Waals surface area (Å²) in [5.41, 5.74) is 0.700. The van der Waals surface area contributed by atoms with E-state index in [0.717, 1.165) is 26.2 Å². The average Bonchev–Trinajstić information content (AvgIpc) is 3.21. The van der Waals surface area contributed by atoms with Crippen molar-refractivity contribution in [2.75, 3.05) is 54.6 Å². The molecule has 1 aromatic carbocycles. The van der Waals surface area contributed by atoms with Gasteiger partial charge in [0.15, 0.2) is 11.5 Å². The number of nitrogens with one attached hydrogen (secondary N) is 1. The number of carbonyl (C=O) groups excluding carboxylic acids is 1. The Labute approximate surface area is 170 Å². The van der Waals surface area contributed by atoms with Gasteiger partial charge in [-0.15, -0.1) is 0 Å². The van der Waals surface area contributed by atoms with E-state index < -0.39 is 0 Å². The van der Waals surface area contributed by atoms with E-state index in [9.17, 15) is 4.79 Å². The van der Waals surface area contributed by atoms with E-state index >= 15 is 0 Å². The number of amides is 1. The monoisotopic (exact) mass is 405 g/mol. The maximum Gasteiger partial charge on any atom is 0.226 e. The minimum absolute atomic E-state index is 0.196. The van der Waals surface area contributed by atoms with Gasteiger partial charge in [-0.25, -0.2) is 0 Å². The highest BCUT2D eigenvalue weighted by Crippen LogP contribution is 2.40. The van der Waals surface area contributed by atoms with Crippen LogP contribution in [0.25, 0.3) is 11.4 Å². The molecule has 1 fully saturated rings. The van der Waals surface area contributed by atoms with Crippen LogP contribution in [-0.2, 0) is 11.2 Å². The van der Waals surface area contributed by atoms with E-state index in [4.69, 9.17) is 18.7 Å². The quantitative estimate of drug-likeness (QED) is 0.681. The highest BCUT2D eigenvalue weighted by molar-refractivity contribution is 5.76. The molecule has 1 aromatic heterocycles. The number of aryl methyl sites for hydroxylation is 1. The van der Waals surface area contributed by atoms with Gasteiger partial charge >= 0.3 is 0 Å². The zero-order valence-corrected chi connectivity index (χ0v) is 17.5. The van der Waals surface area contributed by atoms with Crippen LogP contribution >= 0.6 is 0 Å². The number of ether oxygens (including phenoxy) is 3. The molecule has 1 aliphatic heterocycles. The summed E-state index contributed by atoms with van der Waals surface area (Å²) in [6.45, 7) is 3.67. The second-order valence-corrected chi connectivity index (χ2v) is 7.12. The number of aromatic nitrogens is 2. The third-order valence-corrected chi connectivity index (χ3v) is 5.14. The summed E-state index contributed by atoms with van der Waals surface area (Å²) < 4.78 is 21.4. The highest BCUT2D eigenvalue weighted by atomic mass is 16.5. The van der Waals surface area contributed by atoms with Crippen molar-refractivity contribution in [1.82, 2.24) is 15.0 Å². The first kappa shape index (κ1) is 20.9. The molecule has 0 aliphatic carbocycles. The first-order valence-electron chi connectivity index (χ1n) is 9.77. The number of methoxy groups -OCH3 is 3. The topological polar surface area (TPSA) is 91.4 Å². The van der Waals surface area contributed by atoms with Gasteiger partial charge in [0.2, 0.25) is 23.4 Å². The zero-order chi connectivity index (χ0) is 20.8. The molecule has 2 heterocycles. The second-order valence-electron chi connectivity index (χ2n) is 7.12. The van der Waals surface area contributed by atoms with Gasteiger partial charge < -0.3 is 28.5 Å². The Balaban J connectivity index is 1.60. The summed E-state index contributed by atoms with van der Waals surface area (Å²) in [6, 6.07) is 3.55. The molecule has 29 heavy (non-hydrogen) atoms. The minimum atomic E-state index is 0.196. The molecule has 0 spiro atoms. The van der Waals surface area contributed by atoms with Gasteiger partial charge in [0, 0.05) is 18.4 Å². The van der Waals surface area contributed by atoms with Gasteiger partial charge in [0.1, 0.15) is 0 Å². The number of quaternary nitrogens is 1. The average molecular weight is 405 g/mol. The molecule has 1 aliphatic rings. The molecule has 3 rings (SSSR count). The zero-order valence-electron chi connectivity index (χ0n) is 17.5. The summed E-state index contributed by atoms with van der Waals surface area (Å²) in [7, 11) is 6.82. The Kier molecular flexibility index (Phi) is 6.92. The van der Waals surface area contributed by atoms with Gasteiger partial charge in [-0.2, -0.15) is 4.98 Å². The molecule has 1 saturated heterocycles. The standard InChI is InChI=1S/C20H28N4O5/c1-23-8-10-24(11-9-23)18(25)7-5-6-17-21-20(22-29-17)14-12-15(26-2)19(28-4)16(13-14)27-3/h12-13H,5-11H2,1-4H3/p+1. The predicted octanol–water partition coefficient (Wildman–Crippen LogP) is 0.442. The van der Waals surface area contributed by atoms with Gasteiger partial charge in [-0.3, -0.25) is 4.79 Å². The van der Waals surface area contributed by atoms with Gasteiger partial charge in [0.25, 0.3) is 0 Å². The minimum Gasteiger partial charge on any atom is -0.493 e. The number of hydrogen-bond acceptors (Lipinski definition) is 7. The van der Waals surface area contributed by atoms with Crippen LogP contribution in [0.3, 0.4) is 0 Å². The van der Waals surface area contributed by atoms with Crippen LogP contribution in [0, 0.1) is 0 Å². The summed E-state index contributed by atoms with van der Waals surface area (Å²) in [5, 5.41) is 4.05. The number of hydrogen-bond donors (Lipinski definition) is 1. The number of nitrogens with zero attached hydrogens (tertiary/aromatic N) is 3. The lowest BCUT2D eigenvalue weighted by Gasteiger charge is -2.30. The van der Waals surface area contributed by atoms with E-state index in [1.807, 2.05) is 4.90 Å². The lowest BCUT2D eigenvalue weighted by Crippen LogP contribution is -3.12. The Morgan fingerprint density at radius 1 is 1.14 bits per heavy atom. The SMILES string of the molecule is COc1cc(-c2noc(CCCC(=O)N3CC[NH+](C)CC3)n2)cc(OC)c1OC. The summed E-state index contributed by atoms with van der Waals surface area (Å²) >= 11 is 0. The molecule has 0 bridgehead atoms. The van der Waals surface area contributed by atoms with Gasteiger partial charge in [0.05, 0.1) is 54.6 Å². The van der Waals surface area contributed by atoms with Crippen molar-refractivity contribution in [3.8, 4) is 28.6 Å². The van der Waals surface area contributed by atoms with Crippen molar-refractivity contribution in [2.24, 2.45) is 0 Å². The van der Waals surface area contributed by atoms with Crippen molar-refractivity contribution in [1.29, 1.82) is 0 Å². The Hall–Kier alpha value is -2.81. The summed E-state index contributed by atoms with van der Waals surface area (Å²) in [5.74, 6) is 2.69. The van der Waals surface area contributed by atoms with Crippen molar-refractivity contribution in [2.45, 2.75) is 19.3 Å². The maximum absolute atomic E-state index is 12.3. The van der Waals surface area contributed by atoms with Crippen molar-refractivity contribution >= 4 is 5.91 Å². The molecular weight excluding hydrogens is 376 g/mol. The largest absolute Gasteiger partial charge is 0.493 e. The Bertz CT molecular complexity index is 805. The van der Waals surface area contributed by atoms with Crippen LogP contribution in [0.15, 0.2) is 16.7 Å². The molecular formula is C20H29N4O5+. The van der Waals surface area contributed by atoms with Crippen molar-refractivity contribution < 1.29 is 28.4 Å². The fourth-order valence-corrected chi connectivity index (χ4v) is 3.37. The van der Waals surface area contributed by atoms with Crippen LogP contribution in [0.1, 0.15) is 18.7 Å². The molecule has 1 N–H and O–H groups in total. The van der Waals surface area contributed by atoms with Crippen molar-refractivity contribution in [3.05, 3.63) is 18.0 Å². The van der Waals surface area contributed by atoms with Crippen LogP contribution < -0.4 is 19.1 Å². The third-order valence-electron chi connectivity index (χ3n) is 5.14. The molecule has 9 heteroatoms. The number of likely N-dealkylation sites (N-methyl/N-ethyl adjacent to an activating group) is 1. The number of benzene rings is 1. The molecule has 9 nitrogen and oxygen atoms in total. The highest BCUT2D eigenvalue weighted by Gasteiger charge is 2.21. The molecule has 0 radical (unpaired) electrons. The van der Waals surface area contributed by atoms with Crippen LogP contribution in [0.2, 0.25) is 0 Å². The van der Waals surface area contributed by atoms with E-state index in [-0.39, 0.29) is 5.91 Å². The first-order valence-corrected chi connectivity index (χ1v) is 9.77. The fourth-order valence-electron chi connectivity index (χ4n) is 3.37. The molecule has 0 atom stereocenters. The molecule has 1 amide bonds. The van der Waals surface area contributed by atoms with E-state index in [1.54, 1.807) is 33.5 Å². The van der Waals surface area contributed by atoms with Crippen LogP contribution in [0.4, 0.5) is 0 Å². The molecule has 158 valence electrons. The maximum atomic E-state index is 12.3. The molecule has 2 aromatic rings. The van der Waals surface area contributed by atoms with E-state index in [2.05, 4.69) is 17.2 Å². The summed E-state index contributed by atoms with van der Waals surface area (Å²) in [4.78, 5) is 20.2. The van der Waals surface area contributed by atoms with E-state index in [0.29, 0.717) is 53.8 Å². The fraction of sp³-hybridized carbons (Fsp3) is 0.550. The molecule has 0 unspecified atom stereocenters. The van der Waals surface area contributed by atoms with Crippen LogP contribution in [-0.4, -0.2) is 75.5 Å². The Morgan fingerprint density at radius 3 is 2.38 bits per heavy atom. The molecule has 0 saturated carbocycles. The van der Waals surface area contributed by atoms with Crippen molar-refractivity contribution in [3.63, 3.8) is 0 Å². The predicted molar refractivity (Wildman–Crippen MR) is 106 cm³/mol. The Morgan fingerprint density at radius 2 is 1.79 bits per heavy atom. The first-order chi connectivity index (χ1) is 14.0. The number of rotatable bonds is 8. The lowest BCUT2D eigenvalue weighted by atomic mass is 10.1. The van der Waals surface area contributed by atoms with Gasteiger partial charge in [-0.05, 0) is 18.6 Å². The van der Waals surface area contributed by atoms with E-state index in [1.165, 1.54) is 4.90 Å². The van der Waals surface area contributed by atoms with Gasteiger partial charge in [-0.1, -0.05) is 5.16 Å². The third kappa shape index (κ3) is 4.97. The lowest BCUT2D eigenvalue weighted by molar-refractivity contribution is -0.883. The number of carbonyl (C=O) groups is 1. The number of piperazine rings is 1. The summed E-state index contributed by atoms with van der Waals surface area (Å²) in [6.07, 6.45) is 1.72. The normalized spacial score (nSPS) is 14.7. The smallest absolute Gasteiger partial charge is 0.226 e. The van der Waals surface area contributed by atoms with Crippen LogP contribution in [0.5, 0.6) is 17.2 Å².